The summed E-state index contributed by atoms with van der Waals surface area (Å²) in [6.45, 7) is 0. The van der Waals surface area contributed by atoms with Gasteiger partial charge in [0.15, 0.2) is 0 Å². The first-order valence-electron chi connectivity index (χ1n) is 6.55. The number of non-ortho nitro benzene ring substituents is 1. The number of nitrogens with zero attached hydrogens (tertiary/aromatic N) is 2. The van der Waals surface area contributed by atoms with E-state index in [4.69, 9.17) is 23.2 Å². The normalized spacial score (nSPS) is 10.9. The fourth-order valence-corrected chi connectivity index (χ4v) is 2.54. The van der Waals surface area contributed by atoms with Crippen LogP contribution in [0.3, 0.4) is 0 Å². The topological polar surface area (TPSA) is 88.9 Å². The van der Waals surface area contributed by atoms with E-state index in [1.807, 2.05) is 0 Å². The molecular formula is C15H9Cl2N3O3. The van der Waals surface area contributed by atoms with Crippen molar-refractivity contribution in [3.05, 3.63) is 78.3 Å². The van der Waals surface area contributed by atoms with Gasteiger partial charge in [0.05, 0.1) is 25.9 Å². The van der Waals surface area contributed by atoms with E-state index in [0.717, 1.165) is 5.56 Å². The smallest absolute Gasteiger partial charge is 0.271 e. The van der Waals surface area contributed by atoms with Crippen molar-refractivity contribution >= 4 is 39.8 Å². The van der Waals surface area contributed by atoms with Gasteiger partial charge in [-0.1, -0.05) is 29.3 Å². The van der Waals surface area contributed by atoms with E-state index in [0.29, 0.717) is 27.7 Å². The predicted molar refractivity (Wildman–Crippen MR) is 88.3 cm³/mol. The van der Waals surface area contributed by atoms with Crippen LogP contribution in [0.2, 0.25) is 10.0 Å². The van der Waals surface area contributed by atoms with Crippen LogP contribution < -0.4 is 5.56 Å². The summed E-state index contributed by atoms with van der Waals surface area (Å²) in [5.41, 5.74) is 0.626. The van der Waals surface area contributed by atoms with E-state index >= 15 is 0 Å². The third-order valence-electron chi connectivity index (χ3n) is 3.31. The molecule has 1 heterocycles. The zero-order valence-corrected chi connectivity index (χ0v) is 13.1. The molecule has 23 heavy (non-hydrogen) atoms. The molecule has 0 aliphatic carbocycles. The second kappa shape index (κ2) is 5.98. The Morgan fingerprint density at radius 1 is 1.13 bits per heavy atom. The summed E-state index contributed by atoms with van der Waals surface area (Å²) in [6, 6.07) is 9.06. The number of fused-ring (bicyclic) bond motifs is 1. The van der Waals surface area contributed by atoms with Crippen LogP contribution in [0.5, 0.6) is 0 Å². The summed E-state index contributed by atoms with van der Waals surface area (Å²) in [5, 5.41) is 12.0. The zero-order chi connectivity index (χ0) is 16.6. The number of nitrogens with one attached hydrogen (secondary N) is 1. The molecular weight excluding hydrogens is 341 g/mol. The van der Waals surface area contributed by atoms with Crippen LogP contribution in [0.1, 0.15) is 11.4 Å². The van der Waals surface area contributed by atoms with Gasteiger partial charge < -0.3 is 4.98 Å². The molecule has 3 aromatic rings. The van der Waals surface area contributed by atoms with Crippen molar-refractivity contribution in [1.29, 1.82) is 0 Å². The first kappa shape index (κ1) is 15.5. The highest BCUT2D eigenvalue weighted by atomic mass is 35.5. The predicted octanol–water partition coefficient (Wildman–Crippen LogP) is 3.73. The first-order chi connectivity index (χ1) is 10.9. The van der Waals surface area contributed by atoms with Gasteiger partial charge in [0, 0.05) is 18.6 Å². The van der Waals surface area contributed by atoms with E-state index in [2.05, 4.69) is 9.97 Å². The molecule has 0 saturated carbocycles. The lowest BCUT2D eigenvalue weighted by atomic mass is 10.1. The third-order valence-corrected chi connectivity index (χ3v) is 4.04. The van der Waals surface area contributed by atoms with Crippen molar-refractivity contribution in [3.63, 3.8) is 0 Å². The highest BCUT2D eigenvalue weighted by Gasteiger charge is 2.11. The SMILES string of the molecule is O=c1[nH]c(Cc2ccc(Cl)c(Cl)c2)nc2cc([N+](=O)[O-])ccc12. The molecule has 8 heteroatoms. The molecule has 116 valence electrons. The number of H-pyrrole nitrogens is 1. The second-order valence-corrected chi connectivity index (χ2v) is 5.71. The Bertz CT molecular complexity index is 985. The van der Waals surface area contributed by atoms with Crippen molar-refractivity contribution in [2.75, 3.05) is 0 Å². The Kier molecular flexibility index (Phi) is 4.02. The summed E-state index contributed by atoms with van der Waals surface area (Å²) in [7, 11) is 0. The Morgan fingerprint density at radius 2 is 1.91 bits per heavy atom. The molecule has 3 rings (SSSR count). The van der Waals surface area contributed by atoms with Gasteiger partial charge >= 0.3 is 0 Å². The fraction of sp³-hybridized carbons (Fsp3) is 0.0667. The van der Waals surface area contributed by atoms with Gasteiger partial charge in [-0.25, -0.2) is 4.98 Å². The molecule has 0 bridgehead atoms. The largest absolute Gasteiger partial charge is 0.310 e. The van der Waals surface area contributed by atoms with Crippen LogP contribution >= 0.6 is 23.2 Å². The Morgan fingerprint density at radius 3 is 2.61 bits per heavy atom. The van der Waals surface area contributed by atoms with Gasteiger partial charge in [-0.05, 0) is 23.8 Å². The number of halogens is 2. The Hall–Kier alpha value is -2.44. The van der Waals surface area contributed by atoms with E-state index < -0.39 is 4.92 Å². The molecule has 0 atom stereocenters. The summed E-state index contributed by atoms with van der Waals surface area (Å²) >= 11 is 11.8. The van der Waals surface area contributed by atoms with Gasteiger partial charge in [-0.15, -0.1) is 0 Å². The molecule has 0 spiro atoms. The number of hydrogen-bond acceptors (Lipinski definition) is 4. The van der Waals surface area contributed by atoms with Gasteiger partial charge in [0.2, 0.25) is 0 Å². The molecule has 0 unspecified atom stereocenters. The maximum atomic E-state index is 12.1. The lowest BCUT2D eigenvalue weighted by molar-refractivity contribution is -0.384. The minimum Gasteiger partial charge on any atom is -0.310 e. The van der Waals surface area contributed by atoms with E-state index in [-0.39, 0.29) is 16.8 Å². The first-order valence-corrected chi connectivity index (χ1v) is 7.31. The molecule has 1 N–H and O–H groups in total. The van der Waals surface area contributed by atoms with Crippen LogP contribution in [-0.4, -0.2) is 14.9 Å². The average Bonchev–Trinajstić information content (AvgIpc) is 2.50. The molecule has 0 saturated heterocycles. The number of aromatic nitrogens is 2. The number of nitro groups is 1. The lowest BCUT2D eigenvalue weighted by Gasteiger charge is -2.05. The van der Waals surface area contributed by atoms with Crippen LogP contribution in [-0.2, 0) is 6.42 Å². The van der Waals surface area contributed by atoms with E-state index in [9.17, 15) is 14.9 Å². The zero-order valence-electron chi connectivity index (χ0n) is 11.5. The molecule has 0 aliphatic rings. The molecule has 0 fully saturated rings. The molecule has 2 aromatic carbocycles. The van der Waals surface area contributed by atoms with Crippen LogP contribution in [0.25, 0.3) is 10.9 Å². The van der Waals surface area contributed by atoms with Crippen molar-refractivity contribution in [2.45, 2.75) is 6.42 Å². The fourth-order valence-electron chi connectivity index (χ4n) is 2.22. The average molecular weight is 350 g/mol. The van der Waals surface area contributed by atoms with Crippen LogP contribution in [0.15, 0.2) is 41.2 Å². The highest BCUT2D eigenvalue weighted by Crippen LogP contribution is 2.23. The van der Waals surface area contributed by atoms with Gasteiger partial charge in [-0.2, -0.15) is 0 Å². The van der Waals surface area contributed by atoms with Crippen LogP contribution in [0, 0.1) is 10.1 Å². The number of nitro benzene ring substituents is 1. The van der Waals surface area contributed by atoms with Crippen LogP contribution in [0.4, 0.5) is 5.69 Å². The summed E-state index contributed by atoms with van der Waals surface area (Å²) < 4.78 is 0. The highest BCUT2D eigenvalue weighted by molar-refractivity contribution is 6.42. The molecule has 0 radical (unpaired) electrons. The lowest BCUT2D eigenvalue weighted by Crippen LogP contribution is -2.12. The van der Waals surface area contributed by atoms with Crippen molar-refractivity contribution in [2.24, 2.45) is 0 Å². The second-order valence-electron chi connectivity index (χ2n) is 4.90. The maximum Gasteiger partial charge on any atom is 0.271 e. The van der Waals surface area contributed by atoms with Gasteiger partial charge in [-0.3, -0.25) is 14.9 Å². The monoisotopic (exact) mass is 349 g/mol. The molecule has 0 aliphatic heterocycles. The van der Waals surface area contributed by atoms with Crippen molar-refractivity contribution in [1.82, 2.24) is 9.97 Å². The van der Waals surface area contributed by atoms with Gasteiger partial charge in [0.25, 0.3) is 11.2 Å². The van der Waals surface area contributed by atoms with E-state index in [1.54, 1.807) is 18.2 Å². The van der Waals surface area contributed by atoms with Crippen molar-refractivity contribution in [3.8, 4) is 0 Å². The summed E-state index contributed by atoms with van der Waals surface area (Å²) in [5.74, 6) is 0.390. The molecule has 0 amide bonds. The number of rotatable bonds is 3. The minimum absolute atomic E-state index is 0.115. The van der Waals surface area contributed by atoms with E-state index in [1.165, 1.54) is 18.2 Å². The summed E-state index contributed by atoms with van der Waals surface area (Å²) in [4.78, 5) is 29.4. The summed E-state index contributed by atoms with van der Waals surface area (Å²) in [6.07, 6.45) is 0.324. The van der Waals surface area contributed by atoms with Gasteiger partial charge in [0.1, 0.15) is 5.82 Å². The maximum absolute atomic E-state index is 12.1. The number of aromatic amines is 1. The number of hydrogen-bond donors (Lipinski definition) is 1. The third kappa shape index (κ3) is 3.18. The quantitative estimate of drug-likeness (QED) is 0.576. The molecule has 1 aromatic heterocycles. The van der Waals surface area contributed by atoms with Crippen molar-refractivity contribution < 1.29 is 4.92 Å². The Labute approximate surface area is 139 Å². The minimum atomic E-state index is -0.527. The Balaban J connectivity index is 2.05. The molecule has 6 nitrogen and oxygen atoms in total. The standard InChI is InChI=1S/C15H9Cl2N3O3/c16-11-4-1-8(5-12(11)17)6-14-18-13-7-9(20(22)23)2-3-10(13)15(21)19-14/h1-5,7H,6H2,(H,18,19,21). The number of benzene rings is 2.